The zero-order valence-electron chi connectivity index (χ0n) is 23.5. The van der Waals surface area contributed by atoms with Crippen LogP contribution in [0.2, 0.25) is 0 Å². The van der Waals surface area contributed by atoms with Gasteiger partial charge in [0.15, 0.2) is 0 Å². The first-order chi connectivity index (χ1) is 17.4. The number of nitrogens with two attached hydrogens (primary N) is 1. The van der Waals surface area contributed by atoms with Gasteiger partial charge in [-0.1, -0.05) is 87.5 Å². The van der Waals surface area contributed by atoms with Crippen LogP contribution < -0.4 is 5.73 Å². The number of hydrogen-bond acceptors (Lipinski definition) is 3. The quantitative estimate of drug-likeness (QED) is 0.288. The monoisotopic (exact) mass is 487 g/mol. The summed E-state index contributed by atoms with van der Waals surface area (Å²) in [6.45, 7) is 17.7. The van der Waals surface area contributed by atoms with E-state index in [1.807, 2.05) is 0 Å². The van der Waals surface area contributed by atoms with Crippen LogP contribution in [0.25, 0.3) is 0 Å². The van der Waals surface area contributed by atoms with Crippen LogP contribution >= 0.6 is 0 Å². The third-order valence-corrected chi connectivity index (χ3v) is 6.86. The molecular weight excluding hydrogens is 438 g/mol. The number of benzene rings is 2. The summed E-state index contributed by atoms with van der Waals surface area (Å²) in [5.41, 5.74) is 14.8. The van der Waals surface area contributed by atoms with Crippen LogP contribution in [0.3, 0.4) is 0 Å². The lowest BCUT2D eigenvalue weighted by atomic mass is 10.1. The molecule has 0 aliphatic heterocycles. The Morgan fingerprint density at radius 1 is 0.889 bits per heavy atom. The minimum absolute atomic E-state index is 0.762. The SMILES string of the molecule is C=C(CC)N(Cc1ccccc1)Cc1ccc(CC)cc1.CC/C(C)=C(/N=C(C)CCCN)C1CC1. The van der Waals surface area contributed by atoms with E-state index in [1.54, 1.807) is 0 Å². The number of aliphatic imine (C=N–C) groups is 1. The lowest BCUT2D eigenvalue weighted by Crippen LogP contribution is -2.21. The van der Waals surface area contributed by atoms with E-state index in [0.29, 0.717) is 0 Å². The molecule has 36 heavy (non-hydrogen) atoms. The second-order valence-corrected chi connectivity index (χ2v) is 9.96. The molecule has 1 aliphatic rings. The van der Waals surface area contributed by atoms with Gasteiger partial charge < -0.3 is 10.6 Å². The second kappa shape index (κ2) is 16.2. The van der Waals surface area contributed by atoms with E-state index >= 15 is 0 Å². The number of hydrogen-bond donors (Lipinski definition) is 1. The van der Waals surface area contributed by atoms with Gasteiger partial charge in [0.1, 0.15) is 0 Å². The van der Waals surface area contributed by atoms with Crippen molar-refractivity contribution in [1.82, 2.24) is 4.90 Å². The zero-order valence-corrected chi connectivity index (χ0v) is 23.5. The summed E-state index contributed by atoms with van der Waals surface area (Å²) in [4.78, 5) is 7.16. The lowest BCUT2D eigenvalue weighted by molar-refractivity contribution is 0.321. The van der Waals surface area contributed by atoms with Crippen molar-refractivity contribution in [2.45, 2.75) is 92.7 Å². The summed E-state index contributed by atoms with van der Waals surface area (Å²) < 4.78 is 0. The minimum Gasteiger partial charge on any atom is -0.367 e. The van der Waals surface area contributed by atoms with E-state index in [-0.39, 0.29) is 0 Å². The van der Waals surface area contributed by atoms with E-state index in [0.717, 1.165) is 57.7 Å². The van der Waals surface area contributed by atoms with Gasteiger partial charge in [-0.05, 0) is 82.0 Å². The largest absolute Gasteiger partial charge is 0.367 e. The fourth-order valence-electron chi connectivity index (χ4n) is 4.10. The average molecular weight is 488 g/mol. The normalized spacial score (nSPS) is 14.0. The van der Waals surface area contributed by atoms with Crippen LogP contribution in [-0.2, 0) is 19.5 Å². The Labute approximate surface area is 221 Å². The van der Waals surface area contributed by atoms with E-state index in [1.165, 1.54) is 52.2 Å². The Bertz CT molecular complexity index is 966. The number of rotatable bonds is 13. The first kappa shape index (κ1) is 29.6. The minimum atomic E-state index is 0.762. The maximum Gasteiger partial charge on any atom is 0.0430 e. The molecule has 0 spiro atoms. The van der Waals surface area contributed by atoms with Gasteiger partial charge in [0.05, 0.1) is 0 Å². The maximum atomic E-state index is 5.50. The van der Waals surface area contributed by atoms with Crippen molar-refractivity contribution in [2.75, 3.05) is 6.54 Å². The molecule has 2 aromatic rings. The number of aryl methyl sites for hydroxylation is 1. The lowest BCUT2D eigenvalue weighted by Gasteiger charge is -2.26. The number of nitrogens with zero attached hydrogens (tertiary/aromatic N) is 2. The number of allylic oxidation sites excluding steroid dienone is 3. The summed E-state index contributed by atoms with van der Waals surface area (Å²) in [5.74, 6) is 0.762. The summed E-state index contributed by atoms with van der Waals surface area (Å²) >= 11 is 0. The van der Waals surface area contributed by atoms with Crippen LogP contribution in [0.15, 0.2) is 83.1 Å². The predicted octanol–water partition coefficient (Wildman–Crippen LogP) is 8.46. The molecule has 1 aliphatic carbocycles. The summed E-state index contributed by atoms with van der Waals surface area (Å²) in [5, 5.41) is 0. The van der Waals surface area contributed by atoms with Crippen molar-refractivity contribution in [1.29, 1.82) is 0 Å². The summed E-state index contributed by atoms with van der Waals surface area (Å²) in [7, 11) is 0. The van der Waals surface area contributed by atoms with Crippen molar-refractivity contribution < 1.29 is 0 Å². The van der Waals surface area contributed by atoms with Crippen LogP contribution in [0.1, 0.15) is 89.8 Å². The molecule has 0 saturated heterocycles. The fraction of sp³-hybridized carbons (Fsp3) is 0.485. The molecule has 0 amide bonds. The van der Waals surface area contributed by atoms with E-state index in [2.05, 4.69) is 101 Å². The van der Waals surface area contributed by atoms with Gasteiger partial charge in [-0.15, -0.1) is 0 Å². The molecule has 0 unspecified atom stereocenters. The Hall–Kier alpha value is -2.65. The van der Waals surface area contributed by atoms with Crippen LogP contribution in [0.5, 0.6) is 0 Å². The van der Waals surface area contributed by atoms with E-state index in [9.17, 15) is 0 Å². The topological polar surface area (TPSA) is 41.6 Å². The average Bonchev–Trinajstić information content (AvgIpc) is 3.76. The molecule has 3 rings (SSSR count). The van der Waals surface area contributed by atoms with Crippen molar-refractivity contribution >= 4 is 5.71 Å². The van der Waals surface area contributed by atoms with Gasteiger partial charge in [-0.2, -0.15) is 0 Å². The maximum absolute atomic E-state index is 5.50. The molecule has 0 radical (unpaired) electrons. The van der Waals surface area contributed by atoms with Gasteiger partial charge in [0, 0.05) is 36.1 Å². The van der Waals surface area contributed by atoms with Gasteiger partial charge >= 0.3 is 0 Å². The Morgan fingerprint density at radius 2 is 1.47 bits per heavy atom. The van der Waals surface area contributed by atoms with Crippen LogP contribution in [0, 0.1) is 5.92 Å². The molecule has 0 atom stereocenters. The molecule has 2 aromatic carbocycles. The van der Waals surface area contributed by atoms with Crippen molar-refractivity contribution in [3.05, 3.63) is 94.8 Å². The highest BCUT2D eigenvalue weighted by molar-refractivity contribution is 5.83. The van der Waals surface area contributed by atoms with E-state index in [4.69, 9.17) is 10.7 Å². The van der Waals surface area contributed by atoms with Crippen molar-refractivity contribution in [3.8, 4) is 0 Å². The standard InChI is InChI=1S/C20H25N.C13H24N2/c1-4-17(3)21(15-19-9-7-6-8-10-19)16-20-13-11-18(5-2)12-14-20;1-4-10(2)13(12-7-8-12)15-11(3)6-5-9-14/h6-14H,3-5,15-16H2,1-2H3;12H,4-9,14H2,1-3H3/b;13-10+,15-11?. The molecule has 1 fully saturated rings. The summed E-state index contributed by atoms with van der Waals surface area (Å²) in [6.07, 6.45) is 7.97. The third kappa shape index (κ3) is 10.5. The van der Waals surface area contributed by atoms with Crippen LogP contribution in [0.4, 0.5) is 0 Å². The van der Waals surface area contributed by atoms with Crippen molar-refractivity contribution in [3.63, 3.8) is 0 Å². The molecule has 196 valence electrons. The highest BCUT2D eigenvalue weighted by atomic mass is 15.1. The third-order valence-electron chi connectivity index (χ3n) is 6.86. The highest BCUT2D eigenvalue weighted by Gasteiger charge is 2.27. The molecular formula is C33H49N3. The van der Waals surface area contributed by atoms with Crippen molar-refractivity contribution in [2.24, 2.45) is 16.6 Å². The van der Waals surface area contributed by atoms with Crippen LogP contribution in [-0.4, -0.2) is 17.2 Å². The Kier molecular flexibility index (Phi) is 13.3. The molecule has 1 saturated carbocycles. The molecule has 0 bridgehead atoms. The zero-order chi connectivity index (χ0) is 26.3. The molecule has 3 nitrogen and oxygen atoms in total. The predicted molar refractivity (Wildman–Crippen MR) is 158 cm³/mol. The second-order valence-electron chi connectivity index (χ2n) is 9.96. The molecule has 2 N–H and O–H groups in total. The molecule has 0 heterocycles. The summed E-state index contributed by atoms with van der Waals surface area (Å²) in [6, 6.07) is 19.5. The van der Waals surface area contributed by atoms with Gasteiger partial charge in [0.2, 0.25) is 0 Å². The molecule has 3 heteroatoms. The highest BCUT2D eigenvalue weighted by Crippen LogP contribution is 2.39. The molecule has 0 aromatic heterocycles. The first-order valence-corrected chi connectivity index (χ1v) is 13.9. The Morgan fingerprint density at radius 3 is 1.97 bits per heavy atom. The smallest absolute Gasteiger partial charge is 0.0430 e. The Balaban J connectivity index is 0.000000269. The fourth-order valence-corrected chi connectivity index (χ4v) is 4.10. The van der Waals surface area contributed by atoms with Gasteiger partial charge in [-0.3, -0.25) is 4.99 Å². The first-order valence-electron chi connectivity index (χ1n) is 13.9. The van der Waals surface area contributed by atoms with Gasteiger partial charge in [0.25, 0.3) is 0 Å². The van der Waals surface area contributed by atoms with E-state index < -0.39 is 0 Å². The van der Waals surface area contributed by atoms with Gasteiger partial charge in [-0.25, -0.2) is 0 Å².